The van der Waals surface area contributed by atoms with Crippen LogP contribution in [0.5, 0.6) is 0 Å². The van der Waals surface area contributed by atoms with E-state index >= 15 is 0 Å². The summed E-state index contributed by atoms with van der Waals surface area (Å²) in [6, 6.07) is 3.13. The number of nitrogens with one attached hydrogen (secondary N) is 1. The Labute approximate surface area is 122 Å². The van der Waals surface area contributed by atoms with E-state index in [1.807, 2.05) is 16.4 Å². The minimum absolute atomic E-state index is 0.445. The van der Waals surface area contributed by atoms with Gasteiger partial charge in [0.1, 0.15) is 0 Å². The van der Waals surface area contributed by atoms with Crippen LogP contribution in [0.1, 0.15) is 52.8 Å². The van der Waals surface area contributed by atoms with Gasteiger partial charge in [-0.05, 0) is 38.1 Å². The molecule has 1 aromatic rings. The molecule has 3 nitrogen and oxygen atoms in total. The molecule has 0 aliphatic rings. The molecule has 1 rings (SSSR count). The quantitative estimate of drug-likeness (QED) is 0.752. The van der Waals surface area contributed by atoms with Crippen LogP contribution in [-0.2, 0) is 6.42 Å². The monoisotopic (exact) mass is 283 g/mol. The van der Waals surface area contributed by atoms with Gasteiger partial charge in [0.2, 0.25) is 0 Å². The van der Waals surface area contributed by atoms with Crippen LogP contribution in [0.4, 0.5) is 0 Å². The summed E-state index contributed by atoms with van der Waals surface area (Å²) in [4.78, 5) is 0. The highest BCUT2D eigenvalue weighted by Crippen LogP contribution is 2.14. The van der Waals surface area contributed by atoms with E-state index in [2.05, 4.69) is 57.3 Å². The fourth-order valence-electron chi connectivity index (χ4n) is 1.87. The fourth-order valence-corrected chi connectivity index (χ4v) is 2.73. The molecule has 0 aromatic carbocycles. The maximum atomic E-state index is 4.65. The van der Waals surface area contributed by atoms with Crippen LogP contribution in [0.2, 0.25) is 0 Å². The van der Waals surface area contributed by atoms with Crippen LogP contribution in [0.3, 0.4) is 0 Å². The first-order chi connectivity index (χ1) is 9.02. The van der Waals surface area contributed by atoms with Gasteiger partial charge in [0.05, 0.1) is 5.69 Å². The molecule has 0 fully saturated rings. The van der Waals surface area contributed by atoms with Gasteiger partial charge < -0.3 is 5.32 Å². The third kappa shape index (κ3) is 6.48. The topological polar surface area (TPSA) is 29.9 Å². The van der Waals surface area contributed by atoms with E-state index in [4.69, 9.17) is 0 Å². The zero-order chi connectivity index (χ0) is 14.3. The number of rotatable bonds is 9. The highest BCUT2D eigenvalue weighted by Gasteiger charge is 2.12. The molecule has 0 aliphatic heterocycles. The molecule has 0 amide bonds. The van der Waals surface area contributed by atoms with Crippen LogP contribution in [0.15, 0.2) is 12.3 Å². The molecule has 0 saturated heterocycles. The molecule has 1 heterocycles. The Hall–Kier alpha value is -0.480. The van der Waals surface area contributed by atoms with Crippen molar-refractivity contribution in [2.45, 2.75) is 64.8 Å². The lowest BCUT2D eigenvalue weighted by Crippen LogP contribution is -2.34. The van der Waals surface area contributed by atoms with E-state index in [0.717, 1.165) is 18.7 Å². The lowest BCUT2D eigenvalue weighted by molar-refractivity contribution is 0.508. The largest absolute Gasteiger partial charge is 0.313 e. The normalized spacial score (nSPS) is 13.4. The van der Waals surface area contributed by atoms with Crippen LogP contribution in [0.25, 0.3) is 0 Å². The molecule has 110 valence electrons. The van der Waals surface area contributed by atoms with Gasteiger partial charge in [-0.1, -0.05) is 20.8 Å². The van der Waals surface area contributed by atoms with Crippen molar-refractivity contribution in [2.24, 2.45) is 0 Å². The number of nitrogens with zero attached hydrogens (tertiary/aromatic N) is 2. The predicted octanol–water partition coefficient (Wildman–Crippen LogP) is 3.52. The zero-order valence-corrected chi connectivity index (χ0v) is 13.8. The molecule has 1 atom stereocenters. The van der Waals surface area contributed by atoms with Crippen molar-refractivity contribution in [3.63, 3.8) is 0 Å². The van der Waals surface area contributed by atoms with Crippen LogP contribution in [0, 0.1) is 0 Å². The van der Waals surface area contributed by atoms with Gasteiger partial charge in [-0.15, -0.1) is 0 Å². The van der Waals surface area contributed by atoms with Crippen molar-refractivity contribution in [3.8, 4) is 0 Å². The Morgan fingerprint density at radius 3 is 2.58 bits per heavy atom. The summed E-state index contributed by atoms with van der Waals surface area (Å²) >= 11 is 2.03. The van der Waals surface area contributed by atoms with E-state index in [1.54, 1.807) is 0 Å². The summed E-state index contributed by atoms with van der Waals surface area (Å²) in [6.07, 6.45) is 4.30. The maximum absolute atomic E-state index is 4.65. The predicted molar refractivity (Wildman–Crippen MR) is 86.0 cm³/mol. The molecule has 0 saturated carbocycles. The summed E-state index contributed by atoms with van der Waals surface area (Å²) < 4.78 is 2.04. The lowest BCUT2D eigenvalue weighted by atomic mass is 10.2. The molecule has 0 spiro atoms. The maximum Gasteiger partial charge on any atom is 0.0640 e. The summed E-state index contributed by atoms with van der Waals surface area (Å²) in [7, 11) is 0. The first-order valence-electron chi connectivity index (χ1n) is 7.42. The van der Waals surface area contributed by atoms with E-state index in [1.165, 1.54) is 12.1 Å². The van der Waals surface area contributed by atoms with E-state index in [9.17, 15) is 0 Å². The second-order valence-corrected chi connectivity index (χ2v) is 7.23. The first-order valence-corrected chi connectivity index (χ1v) is 8.46. The van der Waals surface area contributed by atoms with Crippen molar-refractivity contribution in [1.29, 1.82) is 0 Å². The number of aromatic nitrogens is 2. The average molecular weight is 283 g/mol. The standard InChI is InChI=1S/C15H29N3S/c1-6-8-16-15(11-19-13(4)5)10-14-7-9-18(17-14)12(2)3/h7,9,12-13,15-16H,6,8,10-11H2,1-5H3. The third-order valence-corrected chi connectivity index (χ3v) is 4.22. The van der Waals surface area contributed by atoms with Crippen molar-refractivity contribution >= 4 is 11.8 Å². The van der Waals surface area contributed by atoms with Gasteiger partial charge in [0, 0.05) is 30.5 Å². The number of thioether (sulfide) groups is 1. The van der Waals surface area contributed by atoms with Gasteiger partial charge in [0.15, 0.2) is 0 Å². The van der Waals surface area contributed by atoms with Gasteiger partial charge in [0.25, 0.3) is 0 Å². The second-order valence-electron chi connectivity index (χ2n) is 5.62. The van der Waals surface area contributed by atoms with Gasteiger partial charge >= 0.3 is 0 Å². The van der Waals surface area contributed by atoms with Gasteiger partial charge in [-0.25, -0.2) is 0 Å². The Kier molecular flexibility index (Phi) is 7.54. The molecule has 1 N–H and O–H groups in total. The minimum Gasteiger partial charge on any atom is -0.313 e. The van der Waals surface area contributed by atoms with Gasteiger partial charge in [-0.3, -0.25) is 4.68 Å². The average Bonchev–Trinajstić information content (AvgIpc) is 2.81. The highest BCUT2D eigenvalue weighted by molar-refractivity contribution is 7.99. The van der Waals surface area contributed by atoms with Gasteiger partial charge in [-0.2, -0.15) is 16.9 Å². The molecule has 0 radical (unpaired) electrons. The Balaban J connectivity index is 2.53. The molecular weight excluding hydrogens is 254 g/mol. The Bertz CT molecular complexity index is 347. The highest BCUT2D eigenvalue weighted by atomic mass is 32.2. The van der Waals surface area contributed by atoms with Crippen molar-refractivity contribution < 1.29 is 0 Å². The Morgan fingerprint density at radius 2 is 2.05 bits per heavy atom. The molecule has 19 heavy (non-hydrogen) atoms. The zero-order valence-electron chi connectivity index (χ0n) is 13.0. The van der Waals surface area contributed by atoms with Crippen LogP contribution < -0.4 is 5.32 Å². The summed E-state index contributed by atoms with van der Waals surface area (Å²) in [5, 5.41) is 8.99. The summed E-state index contributed by atoms with van der Waals surface area (Å²) in [5.41, 5.74) is 1.20. The smallest absolute Gasteiger partial charge is 0.0640 e. The van der Waals surface area contributed by atoms with E-state index in [0.29, 0.717) is 17.3 Å². The molecule has 1 unspecified atom stereocenters. The molecule has 0 aliphatic carbocycles. The third-order valence-electron chi connectivity index (χ3n) is 2.96. The molecule has 0 bridgehead atoms. The minimum atomic E-state index is 0.445. The fraction of sp³-hybridized carbons (Fsp3) is 0.800. The number of hydrogen-bond acceptors (Lipinski definition) is 3. The first kappa shape index (κ1) is 16.6. The molecular formula is C15H29N3S. The summed E-state index contributed by atoms with van der Waals surface area (Å²) in [5.74, 6) is 1.16. The number of hydrogen-bond donors (Lipinski definition) is 1. The van der Waals surface area contributed by atoms with Crippen LogP contribution in [-0.4, -0.2) is 33.4 Å². The molecule has 1 aromatic heterocycles. The van der Waals surface area contributed by atoms with Crippen LogP contribution >= 0.6 is 11.8 Å². The van der Waals surface area contributed by atoms with E-state index < -0.39 is 0 Å². The molecule has 4 heteroatoms. The second kappa shape index (κ2) is 8.64. The SMILES string of the molecule is CCCNC(CSC(C)C)Cc1ccn(C(C)C)n1. The van der Waals surface area contributed by atoms with Crippen molar-refractivity contribution in [3.05, 3.63) is 18.0 Å². The lowest BCUT2D eigenvalue weighted by Gasteiger charge is -2.18. The van der Waals surface area contributed by atoms with Crippen molar-refractivity contribution in [1.82, 2.24) is 15.1 Å². The summed E-state index contributed by atoms with van der Waals surface area (Å²) in [6.45, 7) is 12.2. The Morgan fingerprint density at radius 1 is 1.32 bits per heavy atom. The van der Waals surface area contributed by atoms with E-state index in [-0.39, 0.29) is 0 Å². The van der Waals surface area contributed by atoms with Crippen molar-refractivity contribution in [2.75, 3.05) is 12.3 Å².